The van der Waals surface area contributed by atoms with Crippen molar-refractivity contribution in [3.8, 4) is 0 Å². The number of hydrogen-bond acceptors (Lipinski definition) is 7. The van der Waals surface area contributed by atoms with E-state index in [0.29, 0.717) is 22.5 Å². The van der Waals surface area contributed by atoms with E-state index in [1.807, 2.05) is 11.8 Å². The normalized spacial score (nSPS) is 30.3. The molecular formula is C22H38N2O6SSi. The Morgan fingerprint density at radius 3 is 2.53 bits per heavy atom. The van der Waals surface area contributed by atoms with E-state index in [0.717, 1.165) is 12.8 Å². The molecule has 6 atom stereocenters. The van der Waals surface area contributed by atoms with E-state index in [9.17, 15) is 9.59 Å². The Morgan fingerprint density at radius 2 is 1.88 bits per heavy atom. The van der Waals surface area contributed by atoms with Crippen LogP contribution in [0.3, 0.4) is 0 Å². The highest BCUT2D eigenvalue weighted by molar-refractivity contribution is 8.00. The van der Waals surface area contributed by atoms with Crippen LogP contribution in [0.4, 0.5) is 0 Å². The highest BCUT2D eigenvalue weighted by Crippen LogP contribution is 2.44. The molecule has 0 saturated carbocycles. The fourth-order valence-electron chi connectivity index (χ4n) is 4.61. The molecule has 3 unspecified atom stereocenters. The Morgan fingerprint density at radius 1 is 1.16 bits per heavy atom. The lowest BCUT2D eigenvalue weighted by atomic mass is 10.2. The van der Waals surface area contributed by atoms with Crippen LogP contribution in [0.2, 0.25) is 11.1 Å². The topological polar surface area (TPSA) is 91.8 Å². The molecule has 2 fully saturated rings. The van der Waals surface area contributed by atoms with Crippen molar-refractivity contribution in [2.75, 3.05) is 6.61 Å². The molecule has 1 aromatic heterocycles. The summed E-state index contributed by atoms with van der Waals surface area (Å²) in [6.07, 6.45) is 3.11. The van der Waals surface area contributed by atoms with Crippen molar-refractivity contribution in [3.05, 3.63) is 32.6 Å². The number of rotatable bonds is 8. The van der Waals surface area contributed by atoms with Gasteiger partial charge in [0.1, 0.15) is 18.9 Å². The fraction of sp³-hybridized carbons (Fsp3) is 0.818. The summed E-state index contributed by atoms with van der Waals surface area (Å²) in [5, 5.41) is 1.18. The first-order valence-corrected chi connectivity index (χ1v) is 14.6. The van der Waals surface area contributed by atoms with Gasteiger partial charge in [-0.15, -0.1) is 0 Å². The molecule has 182 valence electrons. The molecule has 8 nitrogen and oxygen atoms in total. The van der Waals surface area contributed by atoms with E-state index >= 15 is 0 Å². The first-order valence-electron chi connectivity index (χ1n) is 11.6. The number of ether oxygens (including phenoxy) is 1. The molecule has 0 amide bonds. The van der Waals surface area contributed by atoms with Crippen molar-refractivity contribution in [1.82, 2.24) is 9.55 Å². The van der Waals surface area contributed by atoms with E-state index in [4.69, 9.17) is 18.6 Å². The zero-order valence-electron chi connectivity index (χ0n) is 20.3. The van der Waals surface area contributed by atoms with Gasteiger partial charge in [0, 0.05) is 29.0 Å². The third-order valence-corrected chi connectivity index (χ3v) is 12.0. The minimum Gasteiger partial charge on any atom is -0.386 e. The van der Waals surface area contributed by atoms with Crippen LogP contribution in [-0.2, 0) is 18.6 Å². The Balaban J connectivity index is 1.76. The summed E-state index contributed by atoms with van der Waals surface area (Å²) in [6, 6.07) is 0. The van der Waals surface area contributed by atoms with Crippen LogP contribution in [-0.4, -0.2) is 47.4 Å². The second-order valence-electron chi connectivity index (χ2n) is 9.72. The zero-order valence-corrected chi connectivity index (χ0v) is 22.1. The van der Waals surface area contributed by atoms with Crippen molar-refractivity contribution in [3.63, 3.8) is 0 Å². The second kappa shape index (κ2) is 10.6. The summed E-state index contributed by atoms with van der Waals surface area (Å²) in [4.78, 5) is 32.1. The molecule has 1 aromatic rings. The summed E-state index contributed by atoms with van der Waals surface area (Å²) in [5.41, 5.74) is 0.0524. The van der Waals surface area contributed by atoms with Crippen LogP contribution < -0.4 is 11.2 Å². The minimum atomic E-state index is -2.73. The highest BCUT2D eigenvalue weighted by atomic mass is 32.2. The van der Waals surface area contributed by atoms with Gasteiger partial charge in [0.05, 0.1) is 6.10 Å². The molecule has 2 aliphatic heterocycles. The quantitative estimate of drug-likeness (QED) is 0.438. The van der Waals surface area contributed by atoms with Crippen LogP contribution in [0.5, 0.6) is 0 Å². The van der Waals surface area contributed by atoms with Crippen LogP contribution in [0.25, 0.3) is 0 Å². The van der Waals surface area contributed by atoms with Gasteiger partial charge >= 0.3 is 14.3 Å². The number of aromatic nitrogens is 2. The third-order valence-electron chi connectivity index (χ3n) is 6.40. The number of nitrogens with zero attached hydrogens (tertiary/aromatic N) is 1. The molecule has 32 heavy (non-hydrogen) atoms. The number of hydrogen-bond donors (Lipinski definition) is 1. The standard InChI is InChI=1S/C22H38N2O6SSi/c1-13(2)31-16(6)8-9-17(7)32(14(3)4)29-18-10-20(28-19(18)12-27-30-32)24-11-15(5)21(25)23-22(24)26/h11,13-14,16-20H,8-10,12H2,1-7H3,(H,23,25,26)/t16?,17?,18-,19+,20-,32?/m1/s1. The average molecular weight is 487 g/mol. The van der Waals surface area contributed by atoms with E-state index in [2.05, 4.69) is 46.5 Å². The molecule has 1 N–H and O–H groups in total. The maximum absolute atomic E-state index is 12.4. The summed E-state index contributed by atoms with van der Waals surface area (Å²) in [6.45, 7) is 15.2. The first-order chi connectivity index (χ1) is 15.0. The van der Waals surface area contributed by atoms with Gasteiger partial charge in [-0.2, -0.15) is 11.8 Å². The van der Waals surface area contributed by atoms with Gasteiger partial charge in [-0.1, -0.05) is 41.5 Å². The molecule has 0 bridgehead atoms. The number of aromatic amines is 1. The van der Waals surface area contributed by atoms with Crippen LogP contribution in [0.1, 0.15) is 72.6 Å². The maximum Gasteiger partial charge on any atom is 0.380 e. The van der Waals surface area contributed by atoms with Gasteiger partial charge in [-0.3, -0.25) is 18.9 Å². The predicted molar refractivity (Wildman–Crippen MR) is 128 cm³/mol. The van der Waals surface area contributed by atoms with Crippen LogP contribution in [0, 0.1) is 6.92 Å². The molecule has 0 spiro atoms. The van der Waals surface area contributed by atoms with Crippen molar-refractivity contribution in [1.29, 1.82) is 0 Å². The fourth-order valence-corrected chi connectivity index (χ4v) is 9.40. The summed E-state index contributed by atoms with van der Waals surface area (Å²) >= 11 is 2.00. The van der Waals surface area contributed by atoms with Crippen molar-refractivity contribution in [2.24, 2.45) is 0 Å². The molecule has 2 saturated heterocycles. The lowest BCUT2D eigenvalue weighted by Gasteiger charge is -2.38. The van der Waals surface area contributed by atoms with E-state index in [1.165, 1.54) is 4.57 Å². The van der Waals surface area contributed by atoms with Gasteiger partial charge in [-0.25, -0.2) is 9.68 Å². The number of H-pyrrole nitrogens is 1. The molecule has 3 heterocycles. The number of nitrogens with one attached hydrogen (secondary N) is 1. The van der Waals surface area contributed by atoms with E-state index in [1.54, 1.807) is 13.1 Å². The van der Waals surface area contributed by atoms with Gasteiger partial charge in [0.25, 0.3) is 5.56 Å². The van der Waals surface area contributed by atoms with Gasteiger partial charge in [0.2, 0.25) is 0 Å². The predicted octanol–water partition coefficient (Wildman–Crippen LogP) is 4.03. The van der Waals surface area contributed by atoms with Crippen molar-refractivity contribution in [2.45, 2.75) is 108 Å². The van der Waals surface area contributed by atoms with Crippen molar-refractivity contribution >= 4 is 20.3 Å². The third kappa shape index (κ3) is 5.59. The lowest BCUT2D eigenvalue weighted by molar-refractivity contribution is -0.241. The molecule has 0 aliphatic carbocycles. The largest absolute Gasteiger partial charge is 0.386 e. The SMILES string of the molecule is Cc1cn([C@H]2C[C@H]3O[Si](C(C)C)(C(C)CCC(C)SC(C)C)OOC[C@@H]3O2)c(=O)[nH]c1=O. The van der Waals surface area contributed by atoms with Gasteiger partial charge in [-0.05, 0) is 30.6 Å². The lowest BCUT2D eigenvalue weighted by Crippen LogP contribution is -2.50. The first kappa shape index (κ1) is 25.7. The summed E-state index contributed by atoms with van der Waals surface area (Å²) in [5.74, 6) is 0. The van der Waals surface area contributed by atoms with Gasteiger partial charge < -0.3 is 9.16 Å². The van der Waals surface area contributed by atoms with Crippen LogP contribution in [0.15, 0.2) is 15.8 Å². The molecule has 0 radical (unpaired) electrons. The van der Waals surface area contributed by atoms with Crippen molar-refractivity contribution < 1.29 is 18.6 Å². The second-order valence-corrected chi connectivity index (χ2v) is 15.7. The maximum atomic E-state index is 12.4. The van der Waals surface area contributed by atoms with Gasteiger partial charge in [0.15, 0.2) is 0 Å². The Labute approximate surface area is 195 Å². The Bertz CT molecular complexity index is 890. The Hall–Kier alpha value is -0.913. The molecule has 10 heteroatoms. The zero-order chi connectivity index (χ0) is 23.6. The van der Waals surface area contributed by atoms with E-state index < -0.39 is 20.5 Å². The number of thioether (sulfide) groups is 1. The molecule has 2 aliphatic rings. The summed E-state index contributed by atoms with van der Waals surface area (Å²) in [7, 11) is -2.73. The summed E-state index contributed by atoms with van der Waals surface area (Å²) < 4.78 is 20.4. The minimum absolute atomic E-state index is 0.196. The van der Waals surface area contributed by atoms with E-state index in [-0.39, 0.29) is 35.5 Å². The monoisotopic (exact) mass is 486 g/mol. The Kier molecular flexibility index (Phi) is 8.49. The van der Waals surface area contributed by atoms with Crippen LogP contribution >= 0.6 is 11.8 Å². The molecular weight excluding hydrogens is 448 g/mol. The molecule has 3 rings (SSSR count). The number of fused-ring (bicyclic) bond motifs is 1. The highest BCUT2D eigenvalue weighted by Gasteiger charge is 2.55. The average Bonchev–Trinajstić information content (AvgIpc) is 3.00. The number of aryl methyl sites for hydroxylation is 1. The molecule has 0 aromatic carbocycles. The smallest absolute Gasteiger partial charge is 0.380 e.